The largest absolute Gasteiger partial charge is 0.377 e. The number of amides is 2. The van der Waals surface area contributed by atoms with Crippen LogP contribution < -0.4 is 0 Å². The summed E-state index contributed by atoms with van der Waals surface area (Å²) < 4.78 is 5.68. The van der Waals surface area contributed by atoms with Gasteiger partial charge in [-0.2, -0.15) is 0 Å². The molecule has 1 aromatic heterocycles. The van der Waals surface area contributed by atoms with E-state index in [4.69, 9.17) is 4.74 Å². The van der Waals surface area contributed by atoms with Crippen molar-refractivity contribution in [1.82, 2.24) is 14.7 Å². The smallest absolute Gasteiger partial charge is 0.264 e. The van der Waals surface area contributed by atoms with Crippen molar-refractivity contribution in [1.29, 1.82) is 0 Å². The maximum absolute atomic E-state index is 12.4. The summed E-state index contributed by atoms with van der Waals surface area (Å²) in [4.78, 5) is 31.1. The van der Waals surface area contributed by atoms with E-state index >= 15 is 0 Å². The molecule has 2 fully saturated rings. The van der Waals surface area contributed by atoms with Crippen LogP contribution >= 0.6 is 11.3 Å². The van der Waals surface area contributed by atoms with E-state index in [0.29, 0.717) is 11.0 Å². The van der Waals surface area contributed by atoms with Crippen molar-refractivity contribution in [3.8, 4) is 0 Å². The number of nitrogens with zero attached hydrogens (tertiary/aromatic N) is 3. The van der Waals surface area contributed by atoms with Crippen molar-refractivity contribution in [2.45, 2.75) is 18.9 Å². The van der Waals surface area contributed by atoms with Gasteiger partial charge in [0.05, 0.1) is 17.5 Å². The Morgan fingerprint density at radius 3 is 2.75 bits per heavy atom. The van der Waals surface area contributed by atoms with Crippen molar-refractivity contribution < 1.29 is 14.3 Å². The lowest BCUT2D eigenvalue weighted by atomic mass is 10.2. The minimum absolute atomic E-state index is 0.0270. The highest BCUT2D eigenvalue weighted by atomic mass is 32.1. The van der Waals surface area contributed by atoms with Gasteiger partial charge in [0.2, 0.25) is 5.91 Å². The Labute approximate surface area is 147 Å². The topological polar surface area (TPSA) is 53.1 Å². The van der Waals surface area contributed by atoms with Crippen LogP contribution in [0.5, 0.6) is 0 Å². The van der Waals surface area contributed by atoms with Gasteiger partial charge < -0.3 is 14.5 Å². The number of piperazine rings is 1. The molecule has 0 aliphatic carbocycles. The van der Waals surface area contributed by atoms with Crippen LogP contribution in [0.25, 0.3) is 0 Å². The standard InChI is InChI=1S/C17H25N3O3S/c1-18(17(22)15-5-3-11-24-15)13-16(21)20-8-6-19(7-9-20)12-14-4-2-10-23-14/h3,5,11,14H,2,4,6-10,12-13H2,1H3. The summed E-state index contributed by atoms with van der Waals surface area (Å²) in [6.45, 7) is 5.22. The molecular formula is C17H25N3O3S. The Morgan fingerprint density at radius 2 is 2.12 bits per heavy atom. The molecule has 1 unspecified atom stereocenters. The summed E-state index contributed by atoms with van der Waals surface area (Å²) in [5.74, 6) is -0.0606. The van der Waals surface area contributed by atoms with E-state index in [-0.39, 0.29) is 18.4 Å². The molecule has 3 rings (SSSR count). The molecule has 0 spiro atoms. The molecule has 2 aliphatic heterocycles. The first-order valence-electron chi connectivity index (χ1n) is 8.54. The fourth-order valence-corrected chi connectivity index (χ4v) is 3.94. The Morgan fingerprint density at radius 1 is 1.33 bits per heavy atom. The number of likely N-dealkylation sites (N-methyl/N-ethyl adjacent to an activating group) is 1. The zero-order valence-corrected chi connectivity index (χ0v) is 15.0. The predicted octanol–water partition coefficient (Wildman–Crippen LogP) is 1.14. The molecule has 3 heterocycles. The number of hydrogen-bond donors (Lipinski definition) is 0. The molecule has 24 heavy (non-hydrogen) atoms. The van der Waals surface area contributed by atoms with Crippen LogP contribution in [0.2, 0.25) is 0 Å². The molecule has 0 radical (unpaired) electrons. The van der Waals surface area contributed by atoms with E-state index in [1.54, 1.807) is 13.1 Å². The summed E-state index contributed by atoms with van der Waals surface area (Å²) in [6.07, 6.45) is 2.67. The highest BCUT2D eigenvalue weighted by Gasteiger charge is 2.26. The first kappa shape index (κ1) is 17.4. The molecule has 1 atom stereocenters. The van der Waals surface area contributed by atoms with E-state index in [1.165, 1.54) is 16.2 Å². The van der Waals surface area contributed by atoms with Gasteiger partial charge >= 0.3 is 0 Å². The maximum Gasteiger partial charge on any atom is 0.264 e. The molecule has 1 aromatic rings. The second-order valence-electron chi connectivity index (χ2n) is 6.45. The molecule has 0 bridgehead atoms. The van der Waals surface area contributed by atoms with E-state index in [0.717, 1.165) is 52.2 Å². The van der Waals surface area contributed by atoms with Crippen LogP contribution in [0.4, 0.5) is 0 Å². The van der Waals surface area contributed by atoms with Gasteiger partial charge in [0.1, 0.15) is 0 Å². The molecule has 2 saturated heterocycles. The normalized spacial score (nSPS) is 21.9. The van der Waals surface area contributed by atoms with Crippen molar-refractivity contribution in [2.75, 3.05) is 52.9 Å². The average molecular weight is 351 g/mol. The second-order valence-corrected chi connectivity index (χ2v) is 7.40. The monoisotopic (exact) mass is 351 g/mol. The van der Waals surface area contributed by atoms with Crippen molar-refractivity contribution in [3.63, 3.8) is 0 Å². The van der Waals surface area contributed by atoms with Gasteiger partial charge in [-0.05, 0) is 24.3 Å². The van der Waals surface area contributed by atoms with Gasteiger partial charge in [0, 0.05) is 46.4 Å². The lowest BCUT2D eigenvalue weighted by Crippen LogP contribution is -2.52. The fourth-order valence-electron chi connectivity index (χ4n) is 3.22. The number of carbonyl (C=O) groups excluding carboxylic acids is 2. The van der Waals surface area contributed by atoms with Crippen LogP contribution in [0.1, 0.15) is 22.5 Å². The average Bonchev–Trinajstić information content (AvgIpc) is 3.28. The van der Waals surface area contributed by atoms with Crippen LogP contribution in [-0.4, -0.2) is 85.5 Å². The zero-order valence-electron chi connectivity index (χ0n) is 14.1. The number of rotatable bonds is 5. The van der Waals surface area contributed by atoms with Crippen molar-refractivity contribution in [3.05, 3.63) is 22.4 Å². The molecule has 0 N–H and O–H groups in total. The third kappa shape index (κ3) is 4.34. The van der Waals surface area contributed by atoms with E-state index in [1.807, 2.05) is 16.3 Å². The lowest BCUT2D eigenvalue weighted by Gasteiger charge is -2.36. The summed E-state index contributed by atoms with van der Waals surface area (Å²) in [5, 5.41) is 1.87. The predicted molar refractivity (Wildman–Crippen MR) is 93.3 cm³/mol. The van der Waals surface area contributed by atoms with Crippen LogP contribution in [0, 0.1) is 0 Å². The maximum atomic E-state index is 12.4. The Balaban J connectivity index is 1.42. The fraction of sp³-hybridized carbons (Fsp3) is 0.647. The van der Waals surface area contributed by atoms with E-state index in [2.05, 4.69) is 4.90 Å². The highest BCUT2D eigenvalue weighted by Crippen LogP contribution is 2.15. The van der Waals surface area contributed by atoms with Gasteiger partial charge in [0.25, 0.3) is 5.91 Å². The van der Waals surface area contributed by atoms with Crippen molar-refractivity contribution >= 4 is 23.2 Å². The number of ether oxygens (including phenoxy) is 1. The lowest BCUT2D eigenvalue weighted by molar-refractivity contribution is -0.133. The van der Waals surface area contributed by atoms with Gasteiger partial charge in [0.15, 0.2) is 0 Å². The molecule has 2 amide bonds. The molecular weight excluding hydrogens is 326 g/mol. The van der Waals surface area contributed by atoms with Gasteiger partial charge in [-0.1, -0.05) is 6.07 Å². The second kappa shape index (κ2) is 8.09. The summed E-state index contributed by atoms with van der Waals surface area (Å²) in [7, 11) is 1.69. The molecule has 0 saturated carbocycles. The molecule has 6 nitrogen and oxygen atoms in total. The van der Waals surface area contributed by atoms with Crippen LogP contribution in [-0.2, 0) is 9.53 Å². The van der Waals surface area contributed by atoms with E-state index < -0.39 is 0 Å². The summed E-state index contributed by atoms with van der Waals surface area (Å²) >= 11 is 1.40. The number of carbonyl (C=O) groups is 2. The molecule has 2 aliphatic rings. The summed E-state index contributed by atoms with van der Waals surface area (Å²) in [6, 6.07) is 3.64. The minimum atomic E-state index is -0.0876. The Bertz CT molecular complexity index is 549. The Hall–Kier alpha value is -1.44. The first-order chi connectivity index (χ1) is 11.6. The zero-order chi connectivity index (χ0) is 16.9. The van der Waals surface area contributed by atoms with Crippen molar-refractivity contribution in [2.24, 2.45) is 0 Å². The molecule has 7 heteroatoms. The Kier molecular flexibility index (Phi) is 5.86. The van der Waals surface area contributed by atoms with E-state index in [9.17, 15) is 9.59 Å². The third-order valence-electron chi connectivity index (χ3n) is 4.66. The molecule has 0 aromatic carbocycles. The van der Waals surface area contributed by atoms with Crippen LogP contribution in [0.15, 0.2) is 17.5 Å². The van der Waals surface area contributed by atoms with Crippen LogP contribution in [0.3, 0.4) is 0 Å². The quantitative estimate of drug-likeness (QED) is 0.798. The van der Waals surface area contributed by atoms with Gasteiger partial charge in [-0.15, -0.1) is 11.3 Å². The molecule has 132 valence electrons. The number of hydrogen-bond acceptors (Lipinski definition) is 5. The minimum Gasteiger partial charge on any atom is -0.377 e. The van der Waals surface area contributed by atoms with Gasteiger partial charge in [-0.3, -0.25) is 14.5 Å². The first-order valence-corrected chi connectivity index (χ1v) is 9.42. The third-order valence-corrected chi connectivity index (χ3v) is 5.52. The SMILES string of the molecule is CN(CC(=O)N1CCN(CC2CCCO2)CC1)C(=O)c1cccs1. The number of thiophene rings is 1. The summed E-state index contributed by atoms with van der Waals surface area (Å²) in [5.41, 5.74) is 0. The van der Waals surface area contributed by atoms with Gasteiger partial charge in [-0.25, -0.2) is 0 Å². The highest BCUT2D eigenvalue weighted by molar-refractivity contribution is 7.12.